The summed E-state index contributed by atoms with van der Waals surface area (Å²) in [6.45, 7) is 6.42. The van der Waals surface area contributed by atoms with Crippen LogP contribution in [-0.2, 0) is 6.54 Å². The molecule has 1 aliphatic heterocycles. The maximum Gasteiger partial charge on any atom is 0.287 e. The molecule has 2 heterocycles. The zero-order valence-corrected chi connectivity index (χ0v) is 11.6. The summed E-state index contributed by atoms with van der Waals surface area (Å²) in [5.74, 6) is 0.573. The molecule has 0 unspecified atom stereocenters. The quantitative estimate of drug-likeness (QED) is 0.845. The predicted molar refractivity (Wildman–Crippen MR) is 77.7 cm³/mol. The van der Waals surface area contributed by atoms with Crippen molar-refractivity contribution in [3.63, 3.8) is 0 Å². The highest BCUT2D eigenvalue weighted by Gasteiger charge is 2.21. The molecule has 0 radical (unpaired) electrons. The van der Waals surface area contributed by atoms with Crippen LogP contribution in [-0.4, -0.2) is 29.4 Å². The Morgan fingerprint density at radius 1 is 1.53 bits per heavy atom. The van der Waals surface area contributed by atoms with Crippen LogP contribution in [0.15, 0.2) is 23.6 Å². The summed E-state index contributed by atoms with van der Waals surface area (Å²) in [5.41, 5.74) is 6.14. The first kappa shape index (κ1) is 14.1. The third-order valence-electron chi connectivity index (χ3n) is 3.56. The van der Waals surface area contributed by atoms with Crippen LogP contribution in [0.1, 0.15) is 12.8 Å². The number of anilines is 1. The maximum absolute atomic E-state index is 12.0. The van der Waals surface area contributed by atoms with Crippen LogP contribution < -0.4 is 16.2 Å². The van der Waals surface area contributed by atoms with Crippen molar-refractivity contribution in [2.45, 2.75) is 19.4 Å². The van der Waals surface area contributed by atoms with Gasteiger partial charge in [0.05, 0.1) is 18.4 Å². The molecule has 5 nitrogen and oxygen atoms in total. The lowest BCUT2D eigenvalue weighted by atomic mass is 9.97. The van der Waals surface area contributed by atoms with Gasteiger partial charge in [-0.1, -0.05) is 17.7 Å². The third kappa shape index (κ3) is 2.98. The second kappa shape index (κ2) is 6.21. The van der Waals surface area contributed by atoms with E-state index in [1.54, 1.807) is 12.3 Å². The minimum atomic E-state index is -0.264. The third-order valence-corrected chi connectivity index (χ3v) is 3.91. The van der Waals surface area contributed by atoms with Gasteiger partial charge in [0, 0.05) is 13.1 Å². The predicted octanol–water partition coefficient (Wildman–Crippen LogP) is 1.26. The highest BCUT2D eigenvalue weighted by atomic mass is 35.5. The molecule has 1 fully saturated rings. The van der Waals surface area contributed by atoms with Crippen LogP contribution in [0.2, 0.25) is 5.02 Å². The fourth-order valence-electron chi connectivity index (χ4n) is 2.34. The molecule has 1 aromatic rings. The van der Waals surface area contributed by atoms with Gasteiger partial charge < -0.3 is 10.6 Å². The number of nitrogens with zero attached hydrogens (tertiary/aromatic N) is 3. The van der Waals surface area contributed by atoms with Gasteiger partial charge in [0.1, 0.15) is 5.02 Å². The summed E-state index contributed by atoms with van der Waals surface area (Å²) in [7, 11) is 0. The van der Waals surface area contributed by atoms with Crippen molar-refractivity contribution in [3.8, 4) is 0 Å². The minimum absolute atomic E-state index is 0.239. The lowest BCUT2D eigenvalue weighted by Gasteiger charge is -2.33. The number of aromatic nitrogens is 2. The molecule has 1 saturated heterocycles. The largest absolute Gasteiger partial charge is 0.369 e. The van der Waals surface area contributed by atoms with Crippen molar-refractivity contribution in [1.29, 1.82) is 0 Å². The summed E-state index contributed by atoms with van der Waals surface area (Å²) >= 11 is 6.16. The molecular weight excluding hydrogens is 264 g/mol. The molecule has 0 spiro atoms. The first-order chi connectivity index (χ1) is 9.17. The monoisotopic (exact) mass is 282 g/mol. The van der Waals surface area contributed by atoms with Crippen molar-refractivity contribution in [2.24, 2.45) is 11.7 Å². The summed E-state index contributed by atoms with van der Waals surface area (Å²) in [4.78, 5) is 14.1. The summed E-state index contributed by atoms with van der Waals surface area (Å²) < 4.78 is 1.31. The van der Waals surface area contributed by atoms with Gasteiger partial charge in [0.15, 0.2) is 0 Å². The van der Waals surface area contributed by atoms with E-state index in [0.717, 1.165) is 38.2 Å². The molecule has 1 aliphatic rings. The molecule has 0 amide bonds. The molecule has 0 bridgehead atoms. The first-order valence-corrected chi connectivity index (χ1v) is 6.86. The lowest BCUT2D eigenvalue weighted by molar-refractivity contribution is 0.414. The van der Waals surface area contributed by atoms with Gasteiger partial charge in [-0.3, -0.25) is 4.79 Å². The second-order valence-electron chi connectivity index (χ2n) is 4.79. The highest BCUT2D eigenvalue weighted by molar-refractivity contribution is 6.33. The van der Waals surface area contributed by atoms with Gasteiger partial charge in [-0.05, 0) is 25.3 Å². The Hall–Kier alpha value is -1.33. The van der Waals surface area contributed by atoms with Crippen molar-refractivity contribution < 1.29 is 0 Å². The molecule has 0 saturated carbocycles. The first-order valence-electron chi connectivity index (χ1n) is 6.49. The van der Waals surface area contributed by atoms with E-state index in [0.29, 0.717) is 12.5 Å². The number of piperidine rings is 1. The number of rotatable bonds is 4. The number of hydrogen-bond acceptors (Lipinski definition) is 4. The smallest absolute Gasteiger partial charge is 0.287 e. The minimum Gasteiger partial charge on any atom is -0.369 e. The Balaban J connectivity index is 2.20. The van der Waals surface area contributed by atoms with Crippen LogP contribution in [0.25, 0.3) is 0 Å². The average Bonchev–Trinajstić information content (AvgIpc) is 2.45. The number of halogens is 1. The molecule has 2 N–H and O–H groups in total. The van der Waals surface area contributed by atoms with Crippen LogP contribution in [0.4, 0.5) is 5.69 Å². The zero-order chi connectivity index (χ0) is 13.8. The Morgan fingerprint density at radius 2 is 2.21 bits per heavy atom. The second-order valence-corrected chi connectivity index (χ2v) is 5.16. The molecule has 6 heteroatoms. The van der Waals surface area contributed by atoms with E-state index in [4.69, 9.17) is 17.3 Å². The Labute approximate surface area is 117 Å². The van der Waals surface area contributed by atoms with Gasteiger partial charge in [-0.15, -0.1) is 6.58 Å². The standard InChI is InChI=1S/C13H19ClN4O/c1-2-5-18-13(19)12(14)11(9-16-18)17-6-3-10(8-15)4-7-17/h2,9-10H,1,3-8,15H2. The van der Waals surface area contributed by atoms with Gasteiger partial charge in [-0.2, -0.15) is 5.10 Å². The fraction of sp³-hybridized carbons (Fsp3) is 0.538. The SMILES string of the molecule is C=CCn1ncc(N2CCC(CN)CC2)c(Cl)c1=O. The molecule has 0 aliphatic carbocycles. The van der Waals surface area contributed by atoms with E-state index in [9.17, 15) is 4.79 Å². The number of hydrogen-bond donors (Lipinski definition) is 1. The van der Waals surface area contributed by atoms with Gasteiger partial charge >= 0.3 is 0 Å². The van der Waals surface area contributed by atoms with E-state index in [1.165, 1.54) is 4.68 Å². The summed E-state index contributed by atoms with van der Waals surface area (Å²) in [6.07, 6.45) is 5.35. The van der Waals surface area contributed by atoms with Gasteiger partial charge in [-0.25, -0.2) is 4.68 Å². The Morgan fingerprint density at radius 3 is 2.79 bits per heavy atom. The van der Waals surface area contributed by atoms with Crippen LogP contribution >= 0.6 is 11.6 Å². The average molecular weight is 283 g/mol. The molecule has 2 rings (SSSR count). The Bertz CT molecular complexity index is 506. The molecule has 19 heavy (non-hydrogen) atoms. The van der Waals surface area contributed by atoms with Crippen LogP contribution in [0, 0.1) is 5.92 Å². The molecule has 0 atom stereocenters. The van der Waals surface area contributed by atoms with E-state index in [1.807, 2.05) is 0 Å². The van der Waals surface area contributed by atoms with Crippen molar-refractivity contribution in [2.75, 3.05) is 24.5 Å². The topological polar surface area (TPSA) is 64.2 Å². The van der Waals surface area contributed by atoms with Crippen molar-refractivity contribution >= 4 is 17.3 Å². The van der Waals surface area contributed by atoms with Crippen molar-refractivity contribution in [1.82, 2.24) is 9.78 Å². The van der Waals surface area contributed by atoms with E-state index < -0.39 is 0 Å². The number of allylic oxidation sites excluding steroid dienone is 1. The zero-order valence-electron chi connectivity index (χ0n) is 10.9. The molecule has 104 valence electrons. The summed E-state index contributed by atoms with van der Waals surface area (Å²) in [5, 5.41) is 4.36. The normalized spacial score (nSPS) is 16.6. The molecule has 0 aromatic carbocycles. The Kier molecular flexibility index (Phi) is 4.61. The van der Waals surface area contributed by atoms with Gasteiger partial charge in [0.25, 0.3) is 5.56 Å². The lowest BCUT2D eigenvalue weighted by Crippen LogP contribution is -2.37. The highest BCUT2D eigenvalue weighted by Crippen LogP contribution is 2.26. The fourth-order valence-corrected chi connectivity index (χ4v) is 2.60. The van der Waals surface area contributed by atoms with E-state index >= 15 is 0 Å². The molecule has 1 aromatic heterocycles. The molecular formula is C13H19ClN4O. The van der Waals surface area contributed by atoms with E-state index in [2.05, 4.69) is 16.6 Å². The number of nitrogens with two attached hydrogens (primary N) is 1. The van der Waals surface area contributed by atoms with Crippen LogP contribution in [0.5, 0.6) is 0 Å². The van der Waals surface area contributed by atoms with Crippen molar-refractivity contribution in [3.05, 3.63) is 34.2 Å². The van der Waals surface area contributed by atoms with Gasteiger partial charge in [0.2, 0.25) is 0 Å². The maximum atomic E-state index is 12.0. The summed E-state index contributed by atoms with van der Waals surface area (Å²) in [6, 6.07) is 0. The van der Waals surface area contributed by atoms with Crippen LogP contribution in [0.3, 0.4) is 0 Å². The van der Waals surface area contributed by atoms with E-state index in [-0.39, 0.29) is 10.6 Å².